The Morgan fingerprint density at radius 2 is 1.62 bits per heavy atom. The molecule has 2 atom stereocenters. The summed E-state index contributed by atoms with van der Waals surface area (Å²) >= 11 is 0. The molecule has 1 fully saturated rings. The van der Waals surface area contributed by atoms with Crippen molar-refractivity contribution in [3.05, 3.63) is 29.3 Å². The molecule has 134 valence electrons. The van der Waals surface area contributed by atoms with E-state index in [-0.39, 0.29) is 4.90 Å². The summed E-state index contributed by atoms with van der Waals surface area (Å²) in [4.78, 5) is 0.281. The highest BCUT2D eigenvalue weighted by atomic mass is 32.2. The van der Waals surface area contributed by atoms with Crippen LogP contribution in [0.4, 0.5) is 0 Å². The minimum Gasteiger partial charge on any atom is -0.229 e. The summed E-state index contributed by atoms with van der Waals surface area (Å²) in [5.74, 6) is 0. The fourth-order valence-electron chi connectivity index (χ4n) is 4.05. The van der Waals surface area contributed by atoms with Crippen LogP contribution in [0.3, 0.4) is 0 Å². The van der Waals surface area contributed by atoms with E-state index in [9.17, 15) is 16.8 Å². The lowest BCUT2D eigenvalue weighted by molar-refractivity contribution is 0.287. The first-order valence-corrected chi connectivity index (χ1v) is 11.9. The lowest BCUT2D eigenvalue weighted by Gasteiger charge is -2.36. The summed E-state index contributed by atoms with van der Waals surface area (Å²) in [7, 11) is -5.44. The van der Waals surface area contributed by atoms with Crippen molar-refractivity contribution < 1.29 is 16.8 Å². The Morgan fingerprint density at radius 3 is 2.33 bits per heavy atom. The molecule has 3 rings (SSSR count). The van der Waals surface area contributed by atoms with E-state index in [1.165, 1.54) is 23.2 Å². The van der Waals surface area contributed by atoms with Crippen molar-refractivity contribution >= 4 is 19.9 Å². The Hall–Kier alpha value is -0.920. The van der Waals surface area contributed by atoms with E-state index in [0.29, 0.717) is 12.8 Å². The Balaban J connectivity index is 1.93. The maximum Gasteiger partial charge on any atom is 0.243 e. The van der Waals surface area contributed by atoms with Crippen LogP contribution in [-0.4, -0.2) is 45.7 Å². The molecule has 0 aromatic heterocycles. The van der Waals surface area contributed by atoms with Crippen molar-refractivity contribution in [2.24, 2.45) is 0 Å². The molecular weight excluding hydrogens is 346 g/mol. The Morgan fingerprint density at radius 1 is 0.958 bits per heavy atom. The van der Waals surface area contributed by atoms with E-state index >= 15 is 0 Å². The van der Waals surface area contributed by atoms with Crippen LogP contribution in [0.5, 0.6) is 0 Å². The van der Waals surface area contributed by atoms with Crippen LogP contribution in [-0.2, 0) is 32.7 Å². The van der Waals surface area contributed by atoms with Crippen LogP contribution in [0.2, 0.25) is 0 Å². The smallest absolute Gasteiger partial charge is 0.229 e. The Kier molecular flexibility index (Phi) is 4.79. The van der Waals surface area contributed by atoms with Crippen LogP contribution < -0.4 is 0 Å². The SMILES string of the molecule is CN(C1CCCCC1S(C)(=O)=O)S(=O)(=O)c1ccc2c(c1)CCC2. The molecule has 2 unspecified atom stereocenters. The zero-order chi connectivity index (χ0) is 17.5. The normalized spacial score (nSPS) is 25.0. The number of hydrogen-bond donors (Lipinski definition) is 0. The summed E-state index contributed by atoms with van der Waals surface area (Å²) < 4.78 is 51.6. The van der Waals surface area contributed by atoms with Gasteiger partial charge in [0.2, 0.25) is 10.0 Å². The highest BCUT2D eigenvalue weighted by Gasteiger charge is 2.40. The molecule has 0 heterocycles. The van der Waals surface area contributed by atoms with Gasteiger partial charge in [-0.3, -0.25) is 0 Å². The van der Waals surface area contributed by atoms with Gasteiger partial charge in [-0.2, -0.15) is 4.31 Å². The second-order valence-corrected chi connectivity index (χ2v) is 11.3. The van der Waals surface area contributed by atoms with Gasteiger partial charge in [0.1, 0.15) is 0 Å². The van der Waals surface area contributed by atoms with Crippen LogP contribution in [0.25, 0.3) is 0 Å². The molecule has 0 bridgehead atoms. The second kappa shape index (κ2) is 6.42. The standard InChI is InChI=1S/C17H25NO4S2/c1-18(16-8-3-4-9-17(16)23(2,19)20)24(21,22)15-11-10-13-6-5-7-14(13)12-15/h10-12,16-17H,3-9H2,1-2H3. The van der Waals surface area contributed by atoms with Gasteiger partial charge in [-0.05, 0) is 55.4 Å². The lowest BCUT2D eigenvalue weighted by Crippen LogP contribution is -2.49. The molecule has 0 spiro atoms. The molecule has 5 nitrogen and oxygen atoms in total. The van der Waals surface area contributed by atoms with Gasteiger partial charge >= 0.3 is 0 Å². The van der Waals surface area contributed by atoms with Gasteiger partial charge in [0, 0.05) is 19.3 Å². The van der Waals surface area contributed by atoms with Gasteiger partial charge in [0.05, 0.1) is 10.1 Å². The highest BCUT2D eigenvalue weighted by Crippen LogP contribution is 2.32. The number of fused-ring (bicyclic) bond motifs is 1. The third-order valence-corrected chi connectivity index (χ3v) is 8.96. The molecule has 1 saturated carbocycles. The van der Waals surface area contributed by atoms with E-state index in [1.54, 1.807) is 12.1 Å². The van der Waals surface area contributed by atoms with Crippen molar-refractivity contribution in [1.29, 1.82) is 0 Å². The predicted molar refractivity (Wildman–Crippen MR) is 94.3 cm³/mol. The van der Waals surface area contributed by atoms with Crippen LogP contribution >= 0.6 is 0 Å². The van der Waals surface area contributed by atoms with Crippen molar-refractivity contribution in [2.75, 3.05) is 13.3 Å². The fourth-order valence-corrected chi connectivity index (χ4v) is 7.08. The molecule has 0 saturated heterocycles. The van der Waals surface area contributed by atoms with Gasteiger partial charge < -0.3 is 0 Å². The summed E-state index contributed by atoms with van der Waals surface area (Å²) in [6.07, 6.45) is 7.02. The minimum atomic E-state index is -3.68. The average Bonchev–Trinajstić information content (AvgIpc) is 3.00. The predicted octanol–water partition coefficient (Wildman–Crippen LogP) is 2.15. The largest absolute Gasteiger partial charge is 0.243 e. The molecule has 0 amide bonds. The zero-order valence-electron chi connectivity index (χ0n) is 14.2. The molecule has 7 heteroatoms. The zero-order valence-corrected chi connectivity index (χ0v) is 15.9. The number of sulfonamides is 1. The van der Waals surface area contributed by atoms with E-state index < -0.39 is 31.2 Å². The van der Waals surface area contributed by atoms with Gasteiger partial charge in [0.25, 0.3) is 0 Å². The number of benzene rings is 1. The molecular formula is C17H25NO4S2. The summed E-state index contributed by atoms with van der Waals surface area (Å²) in [6.45, 7) is 0. The topological polar surface area (TPSA) is 71.5 Å². The first-order valence-electron chi connectivity index (χ1n) is 8.50. The maximum absolute atomic E-state index is 13.0. The van der Waals surface area contributed by atoms with Gasteiger partial charge in [0.15, 0.2) is 9.84 Å². The van der Waals surface area contributed by atoms with E-state index in [4.69, 9.17) is 0 Å². The monoisotopic (exact) mass is 371 g/mol. The van der Waals surface area contributed by atoms with Crippen molar-refractivity contribution in [2.45, 2.75) is 61.1 Å². The molecule has 2 aliphatic carbocycles. The van der Waals surface area contributed by atoms with Gasteiger partial charge in [-0.15, -0.1) is 0 Å². The summed E-state index contributed by atoms with van der Waals surface area (Å²) in [6, 6.07) is 4.85. The van der Waals surface area contributed by atoms with Crippen LogP contribution in [0.1, 0.15) is 43.2 Å². The van der Waals surface area contributed by atoms with E-state index in [1.807, 2.05) is 6.07 Å². The average molecular weight is 372 g/mol. The fraction of sp³-hybridized carbons (Fsp3) is 0.647. The number of nitrogens with zero attached hydrogens (tertiary/aromatic N) is 1. The third-order valence-electron chi connectivity index (χ3n) is 5.43. The number of sulfone groups is 1. The van der Waals surface area contributed by atoms with Crippen LogP contribution in [0.15, 0.2) is 23.1 Å². The van der Waals surface area contributed by atoms with E-state index in [0.717, 1.165) is 37.7 Å². The van der Waals surface area contributed by atoms with Gasteiger partial charge in [-0.25, -0.2) is 16.8 Å². The van der Waals surface area contributed by atoms with Gasteiger partial charge in [-0.1, -0.05) is 18.9 Å². The van der Waals surface area contributed by atoms with E-state index in [2.05, 4.69) is 0 Å². The third kappa shape index (κ3) is 3.26. The first-order chi connectivity index (χ1) is 11.2. The quantitative estimate of drug-likeness (QED) is 0.813. The Labute approximate surface area is 145 Å². The molecule has 0 radical (unpaired) electrons. The first kappa shape index (κ1) is 17.9. The molecule has 0 aliphatic heterocycles. The molecule has 2 aliphatic rings. The van der Waals surface area contributed by atoms with Crippen molar-refractivity contribution in [1.82, 2.24) is 4.31 Å². The minimum absolute atomic E-state index is 0.281. The van der Waals surface area contributed by atoms with Crippen molar-refractivity contribution in [3.63, 3.8) is 0 Å². The highest BCUT2D eigenvalue weighted by molar-refractivity contribution is 7.91. The number of hydrogen-bond acceptors (Lipinski definition) is 4. The number of rotatable bonds is 4. The Bertz CT molecular complexity index is 830. The van der Waals surface area contributed by atoms with Crippen molar-refractivity contribution in [3.8, 4) is 0 Å². The molecule has 1 aromatic rings. The maximum atomic E-state index is 13.0. The number of aryl methyl sites for hydroxylation is 2. The molecule has 1 aromatic carbocycles. The lowest BCUT2D eigenvalue weighted by atomic mass is 9.95. The summed E-state index contributed by atoms with van der Waals surface area (Å²) in [5.41, 5.74) is 2.33. The molecule has 24 heavy (non-hydrogen) atoms. The molecule has 0 N–H and O–H groups in total. The summed E-state index contributed by atoms with van der Waals surface area (Å²) in [5, 5.41) is -0.611. The van der Waals surface area contributed by atoms with Crippen LogP contribution in [0, 0.1) is 0 Å². The second-order valence-electron chi connectivity index (χ2n) is 7.03.